The maximum Gasteiger partial charge on any atom is 0.355 e. The van der Waals surface area contributed by atoms with Gasteiger partial charge in [-0.15, -0.1) is 11.3 Å². The number of anilines is 3. The summed E-state index contributed by atoms with van der Waals surface area (Å²) < 4.78 is 72.4. The molecule has 7 rings (SSSR count). The van der Waals surface area contributed by atoms with Gasteiger partial charge < -0.3 is 36.4 Å². The van der Waals surface area contributed by atoms with E-state index in [9.17, 15) is 45.9 Å². The van der Waals surface area contributed by atoms with Crippen molar-refractivity contribution in [2.75, 3.05) is 16.6 Å². The number of alkyl halides is 2. The normalized spacial score (nSPS) is 15.3. The molecule has 1 fully saturated rings. The predicted octanol–water partition coefficient (Wildman–Crippen LogP) is 7.71. The van der Waals surface area contributed by atoms with Gasteiger partial charge in [0.25, 0.3) is 15.9 Å². The lowest BCUT2D eigenvalue weighted by Gasteiger charge is -2.35. The number of primary amides is 1. The van der Waals surface area contributed by atoms with Crippen LogP contribution in [0.2, 0.25) is 0 Å². The number of benzene rings is 3. The molecule has 0 aliphatic carbocycles. The summed E-state index contributed by atoms with van der Waals surface area (Å²) in [5.41, 5.74) is 10.5. The number of aliphatic hydroxyl groups excluding tert-OH is 1. The molecule has 1 aliphatic heterocycles. The number of rotatable bonds is 20. The number of hydrogen-bond acceptors (Lipinski definition) is 13. The summed E-state index contributed by atoms with van der Waals surface area (Å²) in [6.07, 6.45) is 1.47. The number of nitrogens with two attached hydrogens (primary N) is 1. The number of aryl methyl sites for hydroxylation is 1. The lowest BCUT2D eigenvalue weighted by Crippen LogP contribution is -2.57. The first-order chi connectivity index (χ1) is 36.1. The van der Waals surface area contributed by atoms with E-state index in [1.165, 1.54) is 47.5 Å². The van der Waals surface area contributed by atoms with Gasteiger partial charge in [-0.1, -0.05) is 75.1 Å². The van der Waals surface area contributed by atoms with E-state index in [1.807, 2.05) is 56.7 Å². The van der Waals surface area contributed by atoms with Crippen LogP contribution < -0.4 is 31.1 Å². The number of aromatic amines is 1. The van der Waals surface area contributed by atoms with Gasteiger partial charge in [0, 0.05) is 49.7 Å². The van der Waals surface area contributed by atoms with Crippen LogP contribution in [0.4, 0.5) is 30.5 Å². The van der Waals surface area contributed by atoms with Gasteiger partial charge in [0.1, 0.15) is 52.6 Å². The number of aromatic nitrogens is 4. The molecule has 4 amide bonds. The third kappa shape index (κ3) is 14.1. The SMILES string of the molecule is Cc1ncsc1-c1ccc(CNC(=O)[C@@H]2C[C@@H](O)CN2C(=O)C(NC(=O)CCCCC#Cc2ccc(Nc3[nH]nc(-c4ccc(NS(=O)(=O)C(F)F)c(OC(C)c5ccc(F)cc5)c4)c3C(N)=O)nc2)C(C)(C)C)cc1. The zero-order valence-electron chi connectivity index (χ0n) is 42.1. The fourth-order valence-corrected chi connectivity index (χ4v) is 9.65. The molecule has 2 unspecified atom stereocenters. The lowest BCUT2D eigenvalue weighted by atomic mass is 9.85. The van der Waals surface area contributed by atoms with Crippen LogP contribution in [0, 0.1) is 30.0 Å². The number of carbonyl (C=O) groups is 4. The van der Waals surface area contributed by atoms with E-state index in [4.69, 9.17) is 10.5 Å². The van der Waals surface area contributed by atoms with Crippen molar-refractivity contribution in [2.24, 2.45) is 11.1 Å². The van der Waals surface area contributed by atoms with E-state index in [0.717, 1.165) is 27.8 Å². The van der Waals surface area contributed by atoms with Crippen molar-refractivity contribution in [3.63, 3.8) is 0 Å². The van der Waals surface area contributed by atoms with Gasteiger partial charge in [-0.05, 0) is 85.2 Å². The minimum Gasteiger partial charge on any atom is -0.484 e. The van der Waals surface area contributed by atoms with Crippen LogP contribution in [-0.2, 0) is 31.0 Å². The Morgan fingerprint density at radius 1 is 1.00 bits per heavy atom. The molecule has 0 bridgehead atoms. The highest BCUT2D eigenvalue weighted by atomic mass is 32.2. The van der Waals surface area contributed by atoms with Crippen molar-refractivity contribution >= 4 is 62.3 Å². The van der Waals surface area contributed by atoms with Crippen molar-refractivity contribution in [1.29, 1.82) is 0 Å². The Hall–Kier alpha value is -7.81. The summed E-state index contributed by atoms with van der Waals surface area (Å²) >= 11 is 1.55. The molecule has 23 heteroatoms. The van der Waals surface area contributed by atoms with Gasteiger partial charge >= 0.3 is 5.76 Å². The Bertz CT molecular complexity index is 3230. The van der Waals surface area contributed by atoms with Crippen molar-refractivity contribution in [3.05, 3.63) is 124 Å². The number of H-pyrrole nitrogens is 1. The largest absolute Gasteiger partial charge is 0.484 e. The quantitative estimate of drug-likeness (QED) is 0.0286. The molecule has 8 N–H and O–H groups in total. The molecule has 0 saturated carbocycles. The highest BCUT2D eigenvalue weighted by Gasteiger charge is 2.44. The van der Waals surface area contributed by atoms with Gasteiger partial charge in [0.2, 0.25) is 17.7 Å². The molecule has 6 aromatic rings. The topological polar surface area (TPSA) is 264 Å². The van der Waals surface area contributed by atoms with E-state index in [-0.39, 0.29) is 71.7 Å². The van der Waals surface area contributed by atoms with Crippen molar-refractivity contribution < 1.29 is 50.6 Å². The van der Waals surface area contributed by atoms with E-state index in [2.05, 4.69) is 48.0 Å². The number of hydrogen-bond donors (Lipinski definition) is 7. The first-order valence-electron chi connectivity index (χ1n) is 24.1. The Morgan fingerprint density at radius 3 is 2.37 bits per heavy atom. The number of halogens is 3. The molecule has 0 spiro atoms. The van der Waals surface area contributed by atoms with Gasteiger partial charge in [-0.2, -0.15) is 13.9 Å². The van der Waals surface area contributed by atoms with Gasteiger partial charge in [-0.3, -0.25) is 29.0 Å². The number of aliphatic hydroxyl groups is 1. The summed E-state index contributed by atoms with van der Waals surface area (Å²) in [5, 5.41) is 26.3. The number of nitrogens with zero attached hydrogens (tertiary/aromatic N) is 4. The second kappa shape index (κ2) is 24.2. The van der Waals surface area contributed by atoms with E-state index < -0.39 is 69.0 Å². The molecule has 4 heterocycles. The summed E-state index contributed by atoms with van der Waals surface area (Å²) in [5.74, 6) is -0.128. The summed E-state index contributed by atoms with van der Waals surface area (Å²) in [7, 11) is -5.12. The number of pyridine rings is 1. The Morgan fingerprint density at radius 2 is 1.72 bits per heavy atom. The van der Waals surface area contributed by atoms with E-state index in [1.54, 1.807) is 35.9 Å². The smallest absolute Gasteiger partial charge is 0.355 e. The molecule has 3 aromatic carbocycles. The number of unbranched alkanes of at least 4 members (excludes halogenated alkanes) is 2. The zero-order valence-corrected chi connectivity index (χ0v) is 43.8. The summed E-state index contributed by atoms with van der Waals surface area (Å²) in [6, 6.07) is 18.3. The molecule has 0 radical (unpaired) electrons. The maximum atomic E-state index is 14.1. The van der Waals surface area contributed by atoms with Crippen LogP contribution in [0.1, 0.15) is 98.6 Å². The molecule has 76 heavy (non-hydrogen) atoms. The van der Waals surface area contributed by atoms with E-state index >= 15 is 0 Å². The second-order valence-electron chi connectivity index (χ2n) is 19.1. The predicted molar refractivity (Wildman–Crippen MR) is 281 cm³/mol. The Kier molecular flexibility index (Phi) is 17.8. The van der Waals surface area contributed by atoms with Gasteiger partial charge in [0.15, 0.2) is 0 Å². The molecule has 18 nitrogen and oxygen atoms in total. The second-order valence-corrected chi connectivity index (χ2v) is 21.6. The minimum atomic E-state index is -5.12. The fraction of sp³-hybridized carbons (Fsp3) is 0.340. The summed E-state index contributed by atoms with van der Waals surface area (Å²) in [6.45, 7) is 9.19. The third-order valence-corrected chi connectivity index (χ3v) is 14.3. The zero-order chi connectivity index (χ0) is 54.9. The Balaban J connectivity index is 0.912. The van der Waals surface area contributed by atoms with Gasteiger partial charge in [0.05, 0.1) is 27.9 Å². The van der Waals surface area contributed by atoms with Crippen LogP contribution in [0.15, 0.2) is 90.6 Å². The first kappa shape index (κ1) is 55.9. The van der Waals surface area contributed by atoms with Crippen LogP contribution in [0.3, 0.4) is 0 Å². The minimum absolute atomic E-state index is 0.00930. The number of sulfonamides is 1. The van der Waals surface area contributed by atoms with Gasteiger partial charge in [-0.25, -0.2) is 22.8 Å². The fourth-order valence-electron chi connectivity index (χ4n) is 8.27. The summed E-state index contributed by atoms with van der Waals surface area (Å²) in [4.78, 5) is 64.7. The van der Waals surface area contributed by atoms with Crippen molar-refractivity contribution in [2.45, 2.75) is 103 Å². The number of β-amino-alcohol motifs (C(OH)–C–C–N with tert-alkyl or cyclic N) is 1. The maximum absolute atomic E-state index is 14.1. The number of thiazole rings is 1. The highest BCUT2D eigenvalue weighted by molar-refractivity contribution is 7.93. The average Bonchev–Trinajstić information content (AvgIpc) is 4.13. The standard InChI is InChI=1S/C53H57F3N10O8S2/c1-30-46(75-29-60-30)35-15-12-33(13-16-35)27-59-50(70)40-25-38(67)28-66(40)51(71)47(53(3,4)5)62-43(68)11-9-7-6-8-10-32-14-23-42(58-26-32)61-49-44(48(57)69)45(63-64-49)36-19-22-39(65-76(72,73)52(55)56)41(24-36)74-31(2)34-17-20-37(54)21-18-34/h12-24,26,29,31,38,40,47,52,65,67H,6-7,9,11,25,27-28H2,1-5H3,(H2,57,69)(H,59,70)(H,62,68)(H2,58,61,63,64)/t31?,38-,40+,47?/m1/s1. The van der Waals surface area contributed by atoms with E-state index in [0.29, 0.717) is 30.4 Å². The van der Waals surface area contributed by atoms with Crippen molar-refractivity contribution in [3.8, 4) is 39.3 Å². The monoisotopic (exact) mass is 1080 g/mol. The van der Waals surface area contributed by atoms with Crippen LogP contribution in [0.5, 0.6) is 5.75 Å². The molecular weight excluding hydrogens is 1030 g/mol. The van der Waals surface area contributed by atoms with Crippen LogP contribution >= 0.6 is 11.3 Å². The molecule has 4 atom stereocenters. The first-order valence-corrected chi connectivity index (χ1v) is 26.5. The highest BCUT2D eigenvalue weighted by Crippen LogP contribution is 2.37. The lowest BCUT2D eigenvalue weighted by molar-refractivity contribution is -0.144. The molecule has 3 aromatic heterocycles. The number of ether oxygens (including phenoxy) is 1. The number of amides is 4. The van der Waals surface area contributed by atoms with Crippen molar-refractivity contribution in [1.82, 2.24) is 35.7 Å². The molecule has 400 valence electrons. The Labute approximate surface area is 441 Å². The number of nitrogens with one attached hydrogen (secondary N) is 5. The average molecular weight is 1080 g/mol. The number of carbonyl (C=O) groups excluding carboxylic acids is 4. The third-order valence-electron chi connectivity index (χ3n) is 12.3. The van der Waals surface area contributed by atoms with Crippen LogP contribution in [-0.4, -0.2) is 92.7 Å². The van der Waals surface area contributed by atoms with Crippen LogP contribution in [0.25, 0.3) is 21.7 Å². The molecule has 1 saturated heterocycles. The molecular formula is C53H57F3N10O8S2. The number of likely N-dealkylation sites (tertiary alicyclic amines) is 1. The molecule has 1 aliphatic rings.